The summed E-state index contributed by atoms with van der Waals surface area (Å²) in [5.41, 5.74) is 0.807. The molecular weight excluding hydrogens is 178 g/mol. The molecule has 0 aliphatic carbocycles. The van der Waals surface area contributed by atoms with Crippen molar-refractivity contribution in [2.45, 2.75) is 6.54 Å². The zero-order valence-corrected chi connectivity index (χ0v) is 8.08. The van der Waals surface area contributed by atoms with Crippen molar-refractivity contribution in [2.75, 3.05) is 13.7 Å². The van der Waals surface area contributed by atoms with Gasteiger partial charge in [-0.15, -0.1) is 6.42 Å². The molecule has 0 saturated carbocycles. The maximum absolute atomic E-state index is 9.55. The van der Waals surface area contributed by atoms with E-state index < -0.39 is 0 Å². The van der Waals surface area contributed by atoms with E-state index in [2.05, 4.69) is 11.2 Å². The van der Waals surface area contributed by atoms with Gasteiger partial charge < -0.3 is 15.2 Å². The van der Waals surface area contributed by atoms with Crippen molar-refractivity contribution in [3.8, 4) is 23.8 Å². The summed E-state index contributed by atoms with van der Waals surface area (Å²) >= 11 is 0. The third-order valence-corrected chi connectivity index (χ3v) is 1.83. The van der Waals surface area contributed by atoms with Gasteiger partial charge >= 0.3 is 0 Å². The van der Waals surface area contributed by atoms with Gasteiger partial charge in [-0.1, -0.05) is 12.0 Å². The number of ether oxygens (including phenoxy) is 1. The quantitative estimate of drug-likeness (QED) is 0.553. The van der Waals surface area contributed by atoms with Crippen molar-refractivity contribution < 1.29 is 9.84 Å². The molecule has 0 aliphatic rings. The summed E-state index contributed by atoms with van der Waals surface area (Å²) in [5, 5.41) is 12.5. The third kappa shape index (κ3) is 2.68. The van der Waals surface area contributed by atoms with Crippen LogP contribution in [0.3, 0.4) is 0 Å². The molecule has 74 valence electrons. The lowest BCUT2D eigenvalue weighted by Gasteiger charge is -2.06. The first-order chi connectivity index (χ1) is 6.77. The lowest BCUT2D eigenvalue weighted by molar-refractivity contribution is 0.406. The summed E-state index contributed by atoms with van der Waals surface area (Å²) < 4.78 is 4.96. The third-order valence-electron chi connectivity index (χ3n) is 1.83. The minimum atomic E-state index is 0.217. The predicted molar refractivity (Wildman–Crippen MR) is 55.2 cm³/mol. The number of rotatable bonds is 4. The highest BCUT2D eigenvalue weighted by molar-refractivity contribution is 5.39. The molecule has 3 nitrogen and oxygen atoms in total. The highest BCUT2D eigenvalue weighted by Crippen LogP contribution is 2.22. The van der Waals surface area contributed by atoms with Crippen LogP contribution in [-0.4, -0.2) is 18.8 Å². The second kappa shape index (κ2) is 5.15. The Bertz CT molecular complexity index is 342. The summed E-state index contributed by atoms with van der Waals surface area (Å²) in [5.74, 6) is 3.32. The molecule has 2 N–H and O–H groups in total. The van der Waals surface area contributed by atoms with E-state index >= 15 is 0 Å². The Morgan fingerprint density at radius 3 is 2.93 bits per heavy atom. The van der Waals surface area contributed by atoms with E-state index in [0.717, 1.165) is 5.56 Å². The summed E-state index contributed by atoms with van der Waals surface area (Å²) in [6.07, 6.45) is 5.08. The molecule has 1 aromatic rings. The van der Waals surface area contributed by atoms with Gasteiger partial charge in [0.15, 0.2) is 0 Å². The van der Waals surface area contributed by atoms with Crippen molar-refractivity contribution in [1.82, 2.24) is 5.32 Å². The molecule has 14 heavy (non-hydrogen) atoms. The lowest BCUT2D eigenvalue weighted by Crippen LogP contribution is -2.12. The summed E-state index contributed by atoms with van der Waals surface area (Å²) in [6.45, 7) is 1.05. The van der Waals surface area contributed by atoms with Crippen LogP contribution in [0.25, 0.3) is 0 Å². The molecule has 0 aromatic heterocycles. The monoisotopic (exact) mass is 191 g/mol. The highest BCUT2D eigenvalue weighted by Gasteiger charge is 2.01. The van der Waals surface area contributed by atoms with Gasteiger partial charge in [-0.25, -0.2) is 0 Å². The van der Waals surface area contributed by atoms with Crippen molar-refractivity contribution >= 4 is 0 Å². The second-order valence-electron chi connectivity index (χ2n) is 2.80. The molecule has 0 unspecified atom stereocenters. The van der Waals surface area contributed by atoms with Crippen LogP contribution >= 0.6 is 0 Å². The molecule has 1 rings (SSSR count). The Labute approximate surface area is 83.7 Å². The largest absolute Gasteiger partial charge is 0.507 e. The Hall–Kier alpha value is -1.66. The van der Waals surface area contributed by atoms with E-state index in [0.29, 0.717) is 18.8 Å². The van der Waals surface area contributed by atoms with E-state index in [-0.39, 0.29) is 5.75 Å². The van der Waals surface area contributed by atoms with Gasteiger partial charge in [-0.05, 0) is 6.07 Å². The van der Waals surface area contributed by atoms with Crippen LogP contribution < -0.4 is 10.1 Å². The average Bonchev–Trinajstić information content (AvgIpc) is 2.20. The second-order valence-corrected chi connectivity index (χ2v) is 2.80. The van der Waals surface area contributed by atoms with Gasteiger partial charge in [0.1, 0.15) is 11.5 Å². The van der Waals surface area contributed by atoms with Crippen LogP contribution in [0.15, 0.2) is 18.2 Å². The van der Waals surface area contributed by atoms with Crippen molar-refractivity contribution in [2.24, 2.45) is 0 Å². The fourth-order valence-corrected chi connectivity index (χ4v) is 1.09. The molecule has 0 atom stereocenters. The molecule has 0 saturated heterocycles. The van der Waals surface area contributed by atoms with Gasteiger partial charge in [-0.3, -0.25) is 0 Å². The van der Waals surface area contributed by atoms with Gasteiger partial charge in [0, 0.05) is 18.2 Å². The molecule has 0 fully saturated rings. The molecule has 0 spiro atoms. The van der Waals surface area contributed by atoms with Gasteiger partial charge in [-0.2, -0.15) is 0 Å². The fourth-order valence-electron chi connectivity index (χ4n) is 1.09. The zero-order valence-electron chi connectivity index (χ0n) is 8.08. The molecule has 1 aromatic carbocycles. The van der Waals surface area contributed by atoms with Crippen LogP contribution in [0.1, 0.15) is 5.56 Å². The van der Waals surface area contributed by atoms with E-state index in [9.17, 15) is 5.11 Å². The molecule has 0 amide bonds. The lowest BCUT2D eigenvalue weighted by atomic mass is 10.2. The maximum atomic E-state index is 9.55. The van der Waals surface area contributed by atoms with Crippen molar-refractivity contribution in [3.63, 3.8) is 0 Å². The highest BCUT2D eigenvalue weighted by atomic mass is 16.5. The number of methoxy groups -OCH3 is 1. The molecule has 0 aliphatic heterocycles. The van der Waals surface area contributed by atoms with E-state index in [4.69, 9.17) is 11.2 Å². The van der Waals surface area contributed by atoms with Gasteiger partial charge in [0.2, 0.25) is 0 Å². The molecule has 0 heterocycles. The number of nitrogens with one attached hydrogen (secondary N) is 1. The van der Waals surface area contributed by atoms with Crippen LogP contribution in [0.5, 0.6) is 11.5 Å². The summed E-state index contributed by atoms with van der Waals surface area (Å²) in [7, 11) is 1.56. The number of phenols is 1. The van der Waals surface area contributed by atoms with Crippen LogP contribution in [0, 0.1) is 12.3 Å². The summed E-state index contributed by atoms with van der Waals surface area (Å²) in [6, 6.07) is 5.18. The van der Waals surface area contributed by atoms with Crippen molar-refractivity contribution in [1.29, 1.82) is 0 Å². The molecule has 0 bridgehead atoms. The molecular formula is C11H13NO2. The molecule has 0 radical (unpaired) electrons. The minimum Gasteiger partial charge on any atom is -0.507 e. The fraction of sp³-hybridized carbons (Fsp3) is 0.273. The van der Waals surface area contributed by atoms with E-state index in [1.807, 2.05) is 0 Å². The number of hydrogen-bond donors (Lipinski definition) is 2. The van der Waals surface area contributed by atoms with Crippen LogP contribution in [-0.2, 0) is 6.54 Å². The first-order valence-electron chi connectivity index (χ1n) is 4.28. The topological polar surface area (TPSA) is 41.5 Å². The maximum Gasteiger partial charge on any atom is 0.123 e. The van der Waals surface area contributed by atoms with E-state index in [1.165, 1.54) is 0 Å². The minimum absolute atomic E-state index is 0.217. The summed E-state index contributed by atoms with van der Waals surface area (Å²) in [4.78, 5) is 0. The standard InChI is InChI=1S/C11H13NO2/c1-3-6-12-8-9-4-5-10(14-2)7-11(9)13/h1,4-5,7,12-13H,6,8H2,2H3. The number of hydrogen-bond acceptors (Lipinski definition) is 3. The zero-order chi connectivity index (χ0) is 10.4. The number of aromatic hydroxyl groups is 1. The molecule has 3 heteroatoms. The van der Waals surface area contributed by atoms with Crippen LogP contribution in [0.4, 0.5) is 0 Å². The van der Waals surface area contributed by atoms with Gasteiger partial charge in [0.25, 0.3) is 0 Å². The normalized spacial score (nSPS) is 9.43. The predicted octanol–water partition coefficient (Wildman–Crippen LogP) is 1.12. The number of phenolic OH excluding ortho intramolecular Hbond substituents is 1. The Morgan fingerprint density at radius 2 is 2.36 bits per heavy atom. The Kier molecular flexibility index (Phi) is 3.84. The average molecular weight is 191 g/mol. The Balaban J connectivity index is 2.65. The first-order valence-corrected chi connectivity index (χ1v) is 4.28. The first kappa shape index (κ1) is 10.4. The SMILES string of the molecule is C#CCNCc1ccc(OC)cc1O. The van der Waals surface area contributed by atoms with Crippen LogP contribution in [0.2, 0.25) is 0 Å². The Morgan fingerprint density at radius 1 is 1.57 bits per heavy atom. The van der Waals surface area contributed by atoms with Gasteiger partial charge in [0.05, 0.1) is 13.7 Å². The smallest absolute Gasteiger partial charge is 0.123 e. The van der Waals surface area contributed by atoms with Crippen molar-refractivity contribution in [3.05, 3.63) is 23.8 Å². The number of benzene rings is 1. The van der Waals surface area contributed by atoms with E-state index in [1.54, 1.807) is 25.3 Å². The number of terminal acetylenes is 1.